The quantitative estimate of drug-likeness (QED) is 0.367. The third kappa shape index (κ3) is 5.67. The summed E-state index contributed by atoms with van der Waals surface area (Å²) in [6, 6.07) is 22.4. The summed E-state index contributed by atoms with van der Waals surface area (Å²) in [6.07, 6.45) is 2.44. The molecular weight excluding hydrogens is 536 g/mol. The number of amides is 2. The Morgan fingerprint density at radius 3 is 2.38 bits per heavy atom. The predicted molar refractivity (Wildman–Crippen MR) is 160 cm³/mol. The molecule has 0 fully saturated rings. The van der Waals surface area contributed by atoms with Gasteiger partial charge in [-0.3, -0.25) is 9.59 Å². The number of fused-ring (bicyclic) bond motifs is 1. The number of hydrogen-bond acceptors (Lipinski definition) is 4. The Bertz CT molecular complexity index is 1610. The lowest BCUT2D eigenvalue weighted by atomic mass is 9.83. The summed E-state index contributed by atoms with van der Waals surface area (Å²) < 4.78 is 31.2. The van der Waals surface area contributed by atoms with Gasteiger partial charge >= 0.3 is 0 Å². The molecule has 3 aromatic rings. The molecule has 2 unspecified atom stereocenters. The van der Waals surface area contributed by atoms with Gasteiger partial charge in [0, 0.05) is 49.0 Å². The summed E-state index contributed by atoms with van der Waals surface area (Å²) >= 11 is 0. The maximum absolute atomic E-state index is 15.6. The van der Waals surface area contributed by atoms with Crippen LogP contribution in [-0.4, -0.2) is 43.3 Å². The molecule has 8 heteroatoms. The van der Waals surface area contributed by atoms with E-state index < -0.39 is 36.1 Å². The molecule has 1 aliphatic carbocycles. The lowest BCUT2D eigenvalue weighted by Crippen LogP contribution is -2.39. The van der Waals surface area contributed by atoms with Crippen LogP contribution >= 0.6 is 0 Å². The van der Waals surface area contributed by atoms with E-state index in [2.05, 4.69) is 16.6 Å². The third-order valence-corrected chi connectivity index (χ3v) is 7.83. The molecule has 6 nitrogen and oxygen atoms in total. The average molecular weight is 568 g/mol. The van der Waals surface area contributed by atoms with Crippen molar-refractivity contribution in [2.24, 2.45) is 0 Å². The summed E-state index contributed by atoms with van der Waals surface area (Å²) in [6.45, 7) is 1.85. The van der Waals surface area contributed by atoms with Gasteiger partial charge in [-0.15, -0.1) is 0 Å². The number of hydrogen-bond donors (Lipinski definition) is 2. The van der Waals surface area contributed by atoms with Crippen molar-refractivity contribution in [2.45, 2.75) is 37.6 Å². The van der Waals surface area contributed by atoms with Gasteiger partial charge < -0.3 is 15.5 Å². The van der Waals surface area contributed by atoms with Crippen molar-refractivity contribution in [3.05, 3.63) is 119 Å². The molecule has 1 aliphatic heterocycles. The number of para-hydroxylation sites is 2. The maximum atomic E-state index is 15.6. The van der Waals surface area contributed by atoms with E-state index in [1.807, 2.05) is 37.3 Å². The zero-order chi connectivity index (χ0) is 29.9. The molecule has 2 aliphatic rings. The number of nitrogens with zero attached hydrogens (tertiary/aromatic N) is 1. The second-order valence-corrected chi connectivity index (χ2v) is 10.5. The first-order valence-electron chi connectivity index (χ1n) is 13.8. The van der Waals surface area contributed by atoms with Gasteiger partial charge in [0.15, 0.2) is 0 Å². The number of anilines is 2. The zero-order valence-corrected chi connectivity index (χ0v) is 23.4. The van der Waals surface area contributed by atoms with Crippen LogP contribution in [0, 0.1) is 6.92 Å². The van der Waals surface area contributed by atoms with E-state index in [9.17, 15) is 14.4 Å². The van der Waals surface area contributed by atoms with Crippen LogP contribution < -0.4 is 15.5 Å². The topological polar surface area (TPSA) is 78.5 Å². The second-order valence-electron chi connectivity index (χ2n) is 10.5. The zero-order valence-electron chi connectivity index (χ0n) is 23.4. The van der Waals surface area contributed by atoms with Crippen molar-refractivity contribution in [2.75, 3.05) is 23.8 Å². The number of carbonyl (C=O) groups is 2. The van der Waals surface area contributed by atoms with Gasteiger partial charge in [0.05, 0.1) is 17.5 Å². The molecule has 2 amide bonds. The Morgan fingerprint density at radius 2 is 1.69 bits per heavy atom. The van der Waals surface area contributed by atoms with E-state index in [1.165, 1.54) is 7.05 Å². The van der Waals surface area contributed by atoms with Gasteiger partial charge in [0.1, 0.15) is 5.94 Å². The minimum atomic E-state index is -3.17. The summed E-state index contributed by atoms with van der Waals surface area (Å²) in [5.74, 6) is -3.32. The summed E-state index contributed by atoms with van der Waals surface area (Å²) in [5, 5.41) is 5.34. The SMILES string of the molecule is CNC(=O)CC1c2ccccc2N(C2C=CC(C(=O)Nc3ccccc3)=C(c3ccc(C)cc3)C2=C=O)CCC1(F)F. The molecule has 2 atom stereocenters. The van der Waals surface area contributed by atoms with Gasteiger partial charge in [-0.1, -0.05) is 78.4 Å². The fourth-order valence-corrected chi connectivity index (χ4v) is 5.64. The summed E-state index contributed by atoms with van der Waals surface area (Å²) in [5.41, 5.74) is 3.89. The number of alkyl halides is 2. The van der Waals surface area contributed by atoms with Crippen molar-refractivity contribution in [3.63, 3.8) is 0 Å². The average Bonchev–Trinajstić information content (AvgIpc) is 3.10. The highest BCUT2D eigenvalue weighted by Crippen LogP contribution is 2.47. The molecule has 5 rings (SSSR count). The van der Waals surface area contributed by atoms with Gasteiger partial charge in [0.2, 0.25) is 5.91 Å². The molecule has 214 valence electrons. The monoisotopic (exact) mass is 567 g/mol. The number of benzene rings is 3. The summed E-state index contributed by atoms with van der Waals surface area (Å²) in [4.78, 5) is 40.3. The van der Waals surface area contributed by atoms with Crippen LogP contribution in [0.2, 0.25) is 0 Å². The van der Waals surface area contributed by atoms with E-state index >= 15 is 8.78 Å². The van der Waals surface area contributed by atoms with Crippen molar-refractivity contribution in [1.82, 2.24) is 5.32 Å². The normalized spacial score (nSPS) is 19.4. The van der Waals surface area contributed by atoms with Crippen LogP contribution in [-0.2, 0) is 14.4 Å². The van der Waals surface area contributed by atoms with Crippen molar-refractivity contribution < 1.29 is 23.2 Å². The fourth-order valence-electron chi connectivity index (χ4n) is 5.64. The lowest BCUT2D eigenvalue weighted by Gasteiger charge is -2.35. The first-order valence-corrected chi connectivity index (χ1v) is 13.8. The highest BCUT2D eigenvalue weighted by Gasteiger charge is 2.46. The number of nitrogens with one attached hydrogen (secondary N) is 2. The van der Waals surface area contributed by atoms with E-state index in [0.717, 1.165) is 5.56 Å². The van der Waals surface area contributed by atoms with Crippen LogP contribution in [0.15, 0.2) is 102 Å². The number of rotatable bonds is 6. The first-order chi connectivity index (χ1) is 20.2. The molecule has 0 spiro atoms. The van der Waals surface area contributed by atoms with Crippen LogP contribution in [0.25, 0.3) is 5.57 Å². The van der Waals surface area contributed by atoms with Crippen LogP contribution in [0.4, 0.5) is 20.2 Å². The van der Waals surface area contributed by atoms with Gasteiger partial charge in [-0.2, -0.15) is 0 Å². The minimum Gasteiger partial charge on any atom is -0.360 e. The molecule has 0 saturated heterocycles. The Balaban J connectivity index is 1.61. The van der Waals surface area contributed by atoms with Gasteiger partial charge in [-0.05, 0) is 36.2 Å². The predicted octanol–water partition coefficient (Wildman–Crippen LogP) is 5.85. The Morgan fingerprint density at radius 1 is 1.00 bits per heavy atom. The van der Waals surface area contributed by atoms with E-state index in [4.69, 9.17) is 0 Å². The first kappa shape index (κ1) is 28.7. The number of halogens is 2. The Kier molecular flexibility index (Phi) is 8.18. The van der Waals surface area contributed by atoms with Crippen LogP contribution in [0.3, 0.4) is 0 Å². The van der Waals surface area contributed by atoms with Gasteiger partial charge in [-0.25, -0.2) is 13.6 Å². The second kappa shape index (κ2) is 12.0. The van der Waals surface area contributed by atoms with Crippen molar-refractivity contribution >= 4 is 34.7 Å². The fraction of sp³-hybridized carbons (Fsp3) is 0.235. The molecule has 0 radical (unpaired) electrons. The Labute approximate surface area is 243 Å². The minimum absolute atomic E-state index is 0.0822. The van der Waals surface area contributed by atoms with Crippen LogP contribution in [0.5, 0.6) is 0 Å². The highest BCUT2D eigenvalue weighted by atomic mass is 19.3. The third-order valence-electron chi connectivity index (χ3n) is 7.83. The van der Waals surface area contributed by atoms with E-state index in [0.29, 0.717) is 28.1 Å². The van der Waals surface area contributed by atoms with Gasteiger partial charge in [0.25, 0.3) is 11.8 Å². The molecule has 0 saturated carbocycles. The molecule has 1 heterocycles. The summed E-state index contributed by atoms with van der Waals surface area (Å²) in [7, 11) is 1.42. The van der Waals surface area contributed by atoms with Crippen LogP contribution in [0.1, 0.15) is 35.4 Å². The van der Waals surface area contributed by atoms with Crippen molar-refractivity contribution in [3.8, 4) is 0 Å². The maximum Gasteiger partial charge on any atom is 0.257 e. The van der Waals surface area contributed by atoms with Crippen molar-refractivity contribution in [1.29, 1.82) is 0 Å². The molecule has 0 bridgehead atoms. The molecule has 2 N–H and O–H groups in total. The Hall–Kier alpha value is -4.81. The molecule has 42 heavy (non-hydrogen) atoms. The molecule has 3 aromatic carbocycles. The number of carbonyl (C=O) groups excluding carboxylic acids is 3. The number of aryl methyl sites for hydroxylation is 1. The molecular formula is C34H31F2N3O3. The smallest absolute Gasteiger partial charge is 0.257 e. The van der Waals surface area contributed by atoms with E-state index in [1.54, 1.807) is 65.6 Å². The highest BCUT2D eigenvalue weighted by molar-refractivity contribution is 6.15. The lowest BCUT2D eigenvalue weighted by molar-refractivity contribution is -0.124. The van der Waals surface area contributed by atoms with E-state index in [-0.39, 0.29) is 24.1 Å². The standard InChI is InChI=1S/C34H31F2N3O3/c1-22-12-14-23(15-13-22)32-26(33(42)38-24-8-4-3-5-9-24)16-17-30(27(32)21-40)39-19-18-34(35,36)28(20-31(41)37-2)25-10-6-7-11-29(25)39/h3-17,28,30H,18-20H2,1-2H3,(H,37,41)(H,38,42). The molecule has 0 aromatic heterocycles. The largest absolute Gasteiger partial charge is 0.360 e.